The summed E-state index contributed by atoms with van der Waals surface area (Å²) in [6, 6.07) is 4.05. The maximum atomic E-state index is 9.75. The molecule has 30 heavy (non-hydrogen) atoms. The van der Waals surface area contributed by atoms with E-state index >= 15 is 0 Å². The van der Waals surface area contributed by atoms with Crippen molar-refractivity contribution in [1.29, 1.82) is 0 Å². The fourth-order valence-electron chi connectivity index (χ4n) is 3.36. The van der Waals surface area contributed by atoms with E-state index in [0.717, 1.165) is 59.0 Å². The zero-order valence-electron chi connectivity index (χ0n) is 18.6. The molecule has 3 aromatic rings. The second-order valence-corrected chi connectivity index (χ2v) is 8.33. The van der Waals surface area contributed by atoms with E-state index in [1.54, 1.807) is 7.11 Å². The first kappa shape index (κ1) is 21.8. The van der Waals surface area contributed by atoms with Crippen molar-refractivity contribution in [2.75, 3.05) is 20.2 Å². The average molecular weight is 417 g/mol. The molecular formula is C21H32N6O3+2. The van der Waals surface area contributed by atoms with Crippen LogP contribution in [0.1, 0.15) is 45.0 Å². The van der Waals surface area contributed by atoms with Crippen molar-refractivity contribution in [1.82, 2.24) is 19.6 Å². The number of unbranched alkanes of at least 4 members (excludes halogenated alkanes) is 1. The van der Waals surface area contributed by atoms with Gasteiger partial charge in [0.2, 0.25) is 5.65 Å². The summed E-state index contributed by atoms with van der Waals surface area (Å²) in [6.07, 6.45) is 1.68. The van der Waals surface area contributed by atoms with Crippen molar-refractivity contribution in [3.63, 3.8) is 0 Å². The van der Waals surface area contributed by atoms with Gasteiger partial charge in [-0.25, -0.2) is 0 Å². The maximum absolute atomic E-state index is 9.75. The standard InChI is InChI=1S/C21H30N6O3/c1-13-9-10-15-16(17(13)29-6)24-18(19-26-25-14(2)27(15)19)22-11-7-8-12-23-20(28)30-21(3,4)5/h9-10H,7-8,11-12H2,1-6H3,(H,22,24)(H,23,28)/p+2. The van der Waals surface area contributed by atoms with E-state index in [0.29, 0.717) is 6.54 Å². The van der Waals surface area contributed by atoms with Gasteiger partial charge in [-0.2, -0.15) is 9.98 Å². The molecule has 9 heteroatoms. The summed E-state index contributed by atoms with van der Waals surface area (Å²) in [7, 11) is 1.67. The Bertz CT molecular complexity index is 1070. The van der Waals surface area contributed by atoms with E-state index in [1.807, 2.05) is 51.2 Å². The van der Waals surface area contributed by atoms with Gasteiger partial charge >= 0.3 is 6.08 Å². The van der Waals surface area contributed by atoms with Gasteiger partial charge in [-0.05, 0) is 46.2 Å². The summed E-state index contributed by atoms with van der Waals surface area (Å²) in [5.74, 6) is 2.38. The number of ether oxygens (including phenoxy) is 2. The van der Waals surface area contributed by atoms with E-state index < -0.39 is 5.60 Å². The van der Waals surface area contributed by atoms with Gasteiger partial charge in [-0.1, -0.05) is 6.07 Å². The number of aliphatic hydroxyl groups is 1. The van der Waals surface area contributed by atoms with Crippen LogP contribution in [0.25, 0.3) is 16.7 Å². The Morgan fingerprint density at radius 3 is 2.67 bits per heavy atom. The van der Waals surface area contributed by atoms with Gasteiger partial charge in [0.05, 0.1) is 19.2 Å². The van der Waals surface area contributed by atoms with Gasteiger partial charge in [0.15, 0.2) is 0 Å². The van der Waals surface area contributed by atoms with Crippen LogP contribution < -0.4 is 15.0 Å². The molecule has 2 heterocycles. The molecule has 0 atom stereocenters. The van der Waals surface area contributed by atoms with Gasteiger partial charge in [0, 0.05) is 12.8 Å². The maximum Gasteiger partial charge on any atom is 0.545 e. The Kier molecular flexibility index (Phi) is 6.40. The molecular weight excluding hydrogens is 384 g/mol. The monoisotopic (exact) mass is 416 g/mol. The van der Waals surface area contributed by atoms with E-state index in [-0.39, 0.29) is 6.08 Å². The number of nitrogens with zero attached hydrogens (tertiary/aromatic N) is 4. The number of quaternary nitrogens is 1. The van der Waals surface area contributed by atoms with Crippen LogP contribution in [-0.4, -0.2) is 56.6 Å². The van der Waals surface area contributed by atoms with E-state index in [9.17, 15) is 5.11 Å². The Morgan fingerprint density at radius 2 is 1.97 bits per heavy atom. The number of benzene rings is 1. The third kappa shape index (κ3) is 4.79. The molecule has 0 aliphatic rings. The Labute approximate surface area is 176 Å². The molecule has 9 nitrogen and oxygen atoms in total. The molecule has 0 fully saturated rings. The zero-order chi connectivity index (χ0) is 21.9. The first-order chi connectivity index (χ1) is 14.2. The van der Waals surface area contributed by atoms with Gasteiger partial charge < -0.3 is 14.6 Å². The predicted octanol–water partition coefficient (Wildman–Crippen LogP) is 0.688. The Balaban J connectivity index is 1.72. The third-order valence-corrected chi connectivity index (χ3v) is 4.69. The molecule has 0 bridgehead atoms. The minimum atomic E-state index is -0.423. The molecule has 0 amide bonds. The van der Waals surface area contributed by atoms with Crippen LogP contribution in [0.4, 0.5) is 5.82 Å². The lowest BCUT2D eigenvalue weighted by atomic mass is 10.2. The molecule has 0 unspecified atom stereocenters. The zero-order valence-corrected chi connectivity index (χ0v) is 18.6. The number of hydrogen-bond acceptors (Lipinski definition) is 5. The highest BCUT2D eigenvalue weighted by Gasteiger charge is 2.19. The van der Waals surface area contributed by atoms with Crippen molar-refractivity contribution in [2.24, 2.45) is 0 Å². The number of methoxy groups -OCH3 is 1. The molecule has 0 radical (unpaired) electrons. The molecule has 1 aromatic carbocycles. The number of nitrogens with two attached hydrogens (primary N) is 1. The van der Waals surface area contributed by atoms with Gasteiger partial charge in [0.1, 0.15) is 29.2 Å². The highest BCUT2D eigenvalue weighted by atomic mass is 16.6. The summed E-state index contributed by atoms with van der Waals surface area (Å²) in [5.41, 5.74) is 3.09. The summed E-state index contributed by atoms with van der Waals surface area (Å²) >= 11 is 0. The number of aromatic nitrogens is 4. The van der Waals surface area contributed by atoms with Gasteiger partial charge in [0.25, 0.3) is 5.82 Å². The van der Waals surface area contributed by atoms with Crippen molar-refractivity contribution >= 4 is 28.6 Å². The summed E-state index contributed by atoms with van der Waals surface area (Å²) < 4.78 is 13.0. The topological polar surface area (TPSA) is 112 Å². The number of aliphatic hydroxyl groups excluding tert-OH is 1. The first-order valence-electron chi connectivity index (χ1n) is 10.2. The lowest BCUT2D eigenvalue weighted by molar-refractivity contribution is -0.575. The van der Waals surface area contributed by atoms with Gasteiger partial charge in [-0.15, -0.1) is 10.2 Å². The van der Waals surface area contributed by atoms with Crippen molar-refractivity contribution in [3.8, 4) is 5.75 Å². The molecule has 0 aliphatic heterocycles. The van der Waals surface area contributed by atoms with Crippen molar-refractivity contribution in [3.05, 3.63) is 23.5 Å². The molecule has 0 spiro atoms. The average Bonchev–Trinajstić information content (AvgIpc) is 3.05. The van der Waals surface area contributed by atoms with Crippen LogP contribution in [0, 0.1) is 13.8 Å². The molecule has 0 saturated carbocycles. The normalized spacial score (nSPS) is 12.7. The number of fused-ring (bicyclic) bond motifs is 3. The highest BCUT2D eigenvalue weighted by molar-refractivity contribution is 5.87. The summed E-state index contributed by atoms with van der Waals surface area (Å²) in [6.45, 7) is 11.1. The number of nitrogens with one attached hydrogen (secondary N) is 1. The molecule has 3 rings (SSSR count). The highest BCUT2D eigenvalue weighted by Crippen LogP contribution is 2.29. The quantitative estimate of drug-likeness (QED) is 0.297. The van der Waals surface area contributed by atoms with E-state index in [1.165, 1.54) is 0 Å². The van der Waals surface area contributed by atoms with Crippen LogP contribution in [0.15, 0.2) is 12.1 Å². The van der Waals surface area contributed by atoms with Gasteiger partial charge in [-0.3, -0.25) is 9.72 Å². The van der Waals surface area contributed by atoms with Crippen molar-refractivity contribution < 1.29 is 24.9 Å². The van der Waals surface area contributed by atoms with Crippen LogP contribution in [0.5, 0.6) is 5.75 Å². The number of rotatable bonds is 7. The van der Waals surface area contributed by atoms with E-state index in [4.69, 9.17) is 14.5 Å². The molecule has 162 valence electrons. The van der Waals surface area contributed by atoms with Crippen LogP contribution in [-0.2, 0) is 4.74 Å². The van der Waals surface area contributed by atoms with Crippen LogP contribution in [0.3, 0.4) is 0 Å². The minimum Gasteiger partial charge on any atom is -0.494 e. The SMILES string of the molecule is COc1c(C)ccc2c1nc([NH2+]CCCC[NH+]=C(O)OC(C)(C)C)c1nnc(C)n12. The molecule has 2 aromatic heterocycles. The minimum absolute atomic E-state index is 0.134. The molecule has 0 saturated heterocycles. The number of aryl methyl sites for hydroxylation is 2. The largest absolute Gasteiger partial charge is 0.545 e. The third-order valence-electron chi connectivity index (χ3n) is 4.69. The molecule has 0 aliphatic carbocycles. The van der Waals surface area contributed by atoms with Crippen LogP contribution >= 0.6 is 0 Å². The lowest BCUT2D eigenvalue weighted by Crippen LogP contribution is -2.79. The summed E-state index contributed by atoms with van der Waals surface area (Å²) in [5, 5.41) is 20.4. The fourth-order valence-corrected chi connectivity index (χ4v) is 3.36. The second-order valence-electron chi connectivity index (χ2n) is 8.33. The van der Waals surface area contributed by atoms with Crippen molar-refractivity contribution in [2.45, 2.75) is 53.1 Å². The first-order valence-corrected chi connectivity index (χ1v) is 10.2. The summed E-state index contributed by atoms with van der Waals surface area (Å²) in [4.78, 5) is 7.74. The number of hydrogen-bond donors (Lipinski definition) is 3. The smallest absolute Gasteiger partial charge is 0.494 e. The lowest BCUT2D eigenvalue weighted by Gasteiger charge is -2.15. The second kappa shape index (κ2) is 8.83. The Hall–Kier alpha value is -2.94. The Morgan fingerprint density at radius 1 is 1.20 bits per heavy atom. The predicted molar refractivity (Wildman–Crippen MR) is 114 cm³/mol. The van der Waals surface area contributed by atoms with Crippen LogP contribution in [0.2, 0.25) is 0 Å². The van der Waals surface area contributed by atoms with E-state index in [2.05, 4.69) is 20.5 Å². The fraction of sp³-hybridized carbons (Fsp3) is 0.524. The molecule has 4 N–H and O–H groups in total.